The summed E-state index contributed by atoms with van der Waals surface area (Å²) < 4.78 is 13.2. The number of fused-ring (bicyclic) bond motifs is 8. The Morgan fingerprint density at radius 1 is 0.604 bits per heavy atom. The zero-order valence-electron chi connectivity index (χ0n) is 27.6. The summed E-state index contributed by atoms with van der Waals surface area (Å²) in [5.74, 6) is 3.18. The summed E-state index contributed by atoms with van der Waals surface area (Å²) >= 11 is 0. The van der Waals surface area contributed by atoms with E-state index in [0.717, 1.165) is 73.0 Å². The topological polar surface area (TPSA) is 62.2 Å². The minimum atomic E-state index is -0.0333. The predicted molar refractivity (Wildman–Crippen MR) is 194 cm³/mol. The molecule has 0 amide bonds. The van der Waals surface area contributed by atoms with Gasteiger partial charge in [0.1, 0.15) is 22.8 Å². The second kappa shape index (κ2) is 10.3. The normalized spacial score (nSPS) is 12.3. The van der Waals surface area contributed by atoms with Gasteiger partial charge < -0.3 is 4.74 Å². The van der Waals surface area contributed by atoms with Crippen LogP contribution in [0.1, 0.15) is 37.5 Å². The number of nitrogens with zero attached hydrogens (tertiary/aromatic N) is 6. The Morgan fingerprint density at radius 3 is 2.12 bits per heavy atom. The number of hydrogen-bond donors (Lipinski definition) is 0. The van der Waals surface area contributed by atoms with E-state index in [-0.39, 0.29) is 5.41 Å². The van der Waals surface area contributed by atoms with Gasteiger partial charge in [-0.25, -0.2) is 15.0 Å². The van der Waals surface area contributed by atoms with Crippen LogP contribution in [0.15, 0.2) is 116 Å². The Bertz CT molecular complexity index is 2710. The minimum absolute atomic E-state index is 0.0333. The van der Waals surface area contributed by atoms with Gasteiger partial charge in [0.25, 0.3) is 0 Å². The molecule has 9 aromatic rings. The molecule has 0 saturated carbocycles. The van der Waals surface area contributed by atoms with Gasteiger partial charge in [-0.05, 0) is 90.6 Å². The van der Waals surface area contributed by atoms with E-state index in [4.69, 9.17) is 19.7 Å². The van der Waals surface area contributed by atoms with E-state index in [9.17, 15) is 0 Å². The van der Waals surface area contributed by atoms with Gasteiger partial charge in [0.2, 0.25) is 5.78 Å². The van der Waals surface area contributed by atoms with Crippen molar-refractivity contribution in [3.8, 4) is 23.0 Å². The molecule has 5 heterocycles. The summed E-state index contributed by atoms with van der Waals surface area (Å²) in [4.78, 5) is 14.9. The highest BCUT2D eigenvalue weighted by molar-refractivity contribution is 6.09. The van der Waals surface area contributed by atoms with E-state index < -0.39 is 0 Å². The summed E-state index contributed by atoms with van der Waals surface area (Å²) in [5, 5.41) is 2.33. The Kier molecular flexibility index (Phi) is 6.06. The molecule has 234 valence electrons. The molecule has 7 nitrogen and oxygen atoms in total. The number of ether oxygens (including phenoxy) is 1. The lowest BCUT2D eigenvalue weighted by Gasteiger charge is -2.17. The maximum Gasteiger partial charge on any atom is 0.221 e. The van der Waals surface area contributed by atoms with Crippen LogP contribution in [0.2, 0.25) is 0 Å². The van der Waals surface area contributed by atoms with Crippen LogP contribution in [0.4, 0.5) is 0 Å². The van der Waals surface area contributed by atoms with Gasteiger partial charge in [0.05, 0.1) is 22.1 Å². The van der Waals surface area contributed by atoms with E-state index in [2.05, 4.69) is 133 Å². The van der Waals surface area contributed by atoms with Crippen LogP contribution >= 0.6 is 0 Å². The molecule has 0 N–H and O–H groups in total. The molecule has 0 bridgehead atoms. The molecular formula is C41H34N6O. The SMILES string of the molecule is Cc1cnc(-n2c3ccccc3c3ccc(Oc4ccc5c(c4)n4c6ncc(C(C)(C)C)cc6nc4n5-c4ccccc4)cc32)cc1C. The fourth-order valence-corrected chi connectivity index (χ4v) is 6.74. The van der Waals surface area contributed by atoms with E-state index >= 15 is 0 Å². The number of imidazole rings is 2. The van der Waals surface area contributed by atoms with Crippen LogP contribution in [0.3, 0.4) is 0 Å². The predicted octanol–water partition coefficient (Wildman–Crippen LogP) is 10.0. The van der Waals surface area contributed by atoms with Crippen LogP contribution in [0.25, 0.3) is 61.3 Å². The van der Waals surface area contributed by atoms with Crippen molar-refractivity contribution in [3.63, 3.8) is 0 Å². The van der Waals surface area contributed by atoms with Crippen LogP contribution in [-0.4, -0.2) is 28.5 Å². The maximum absolute atomic E-state index is 6.64. The second-order valence-electron chi connectivity index (χ2n) is 13.6. The maximum atomic E-state index is 6.64. The summed E-state index contributed by atoms with van der Waals surface area (Å²) in [5.41, 5.74) is 10.4. The molecule has 0 saturated heterocycles. The Labute approximate surface area is 277 Å². The highest BCUT2D eigenvalue weighted by Crippen LogP contribution is 2.37. The third-order valence-electron chi connectivity index (χ3n) is 9.46. The number of benzene rings is 4. The van der Waals surface area contributed by atoms with Gasteiger partial charge >= 0.3 is 0 Å². The van der Waals surface area contributed by atoms with E-state index in [1.807, 2.05) is 30.6 Å². The van der Waals surface area contributed by atoms with E-state index in [1.54, 1.807) is 0 Å². The summed E-state index contributed by atoms with van der Waals surface area (Å²) in [6.07, 6.45) is 3.92. The van der Waals surface area contributed by atoms with Crippen molar-refractivity contribution in [3.05, 3.63) is 132 Å². The molecule has 5 aromatic heterocycles. The first-order valence-corrected chi connectivity index (χ1v) is 16.3. The lowest BCUT2D eigenvalue weighted by Crippen LogP contribution is -2.11. The molecule has 0 fully saturated rings. The van der Waals surface area contributed by atoms with E-state index in [1.165, 1.54) is 16.5 Å². The fourth-order valence-electron chi connectivity index (χ4n) is 6.74. The fraction of sp³-hybridized carbons (Fsp3) is 0.146. The van der Waals surface area contributed by atoms with Crippen LogP contribution in [0.5, 0.6) is 11.5 Å². The molecule has 9 rings (SSSR count). The first kappa shape index (κ1) is 28.3. The van der Waals surface area contributed by atoms with E-state index in [0.29, 0.717) is 0 Å². The average Bonchev–Trinajstić information content (AvgIpc) is 3.72. The van der Waals surface area contributed by atoms with Crippen molar-refractivity contribution in [2.45, 2.75) is 40.0 Å². The van der Waals surface area contributed by atoms with Crippen molar-refractivity contribution in [2.75, 3.05) is 0 Å². The minimum Gasteiger partial charge on any atom is -0.457 e. The van der Waals surface area contributed by atoms with Crippen LogP contribution in [0, 0.1) is 13.8 Å². The standard InChI is InChI=1S/C41H34N6O/c1-25-19-38(42-23-26(25)2)46-34-14-10-9-13-31(34)32-17-15-29(21-36(32)46)48-30-16-18-35-37(22-30)47-39-33(20-27(24-43-39)41(3,4)5)44-40(47)45(35)28-11-7-6-8-12-28/h6-24H,1-5H3. The smallest absolute Gasteiger partial charge is 0.221 e. The molecule has 0 aliphatic rings. The molecule has 0 unspecified atom stereocenters. The molecule has 0 radical (unpaired) electrons. The number of hydrogen-bond acceptors (Lipinski definition) is 4. The highest BCUT2D eigenvalue weighted by atomic mass is 16.5. The zero-order chi connectivity index (χ0) is 32.7. The lowest BCUT2D eigenvalue weighted by atomic mass is 9.88. The number of para-hydroxylation sites is 2. The average molecular weight is 627 g/mol. The van der Waals surface area contributed by atoms with Crippen molar-refractivity contribution >= 4 is 49.8 Å². The van der Waals surface area contributed by atoms with Gasteiger partial charge in [0.15, 0.2) is 5.65 Å². The Hall–Kier alpha value is -5.95. The van der Waals surface area contributed by atoms with Crippen LogP contribution in [-0.2, 0) is 5.41 Å². The second-order valence-corrected chi connectivity index (χ2v) is 13.6. The highest BCUT2D eigenvalue weighted by Gasteiger charge is 2.22. The first-order chi connectivity index (χ1) is 23.2. The lowest BCUT2D eigenvalue weighted by molar-refractivity contribution is 0.484. The van der Waals surface area contributed by atoms with Crippen molar-refractivity contribution in [1.82, 2.24) is 28.5 Å². The van der Waals surface area contributed by atoms with Crippen molar-refractivity contribution in [2.24, 2.45) is 0 Å². The summed E-state index contributed by atoms with van der Waals surface area (Å²) in [6.45, 7) is 10.8. The first-order valence-electron chi connectivity index (χ1n) is 16.3. The van der Waals surface area contributed by atoms with Crippen LogP contribution < -0.4 is 4.74 Å². The molecule has 7 heteroatoms. The molecule has 0 aliphatic carbocycles. The Balaban J connectivity index is 1.22. The largest absolute Gasteiger partial charge is 0.457 e. The quantitative estimate of drug-likeness (QED) is 0.195. The molecule has 0 aliphatic heterocycles. The summed E-state index contributed by atoms with van der Waals surface area (Å²) in [7, 11) is 0. The van der Waals surface area contributed by atoms with Gasteiger partial charge in [-0.3, -0.25) is 13.5 Å². The Morgan fingerprint density at radius 2 is 1.33 bits per heavy atom. The van der Waals surface area contributed by atoms with Gasteiger partial charge in [0, 0.05) is 41.0 Å². The summed E-state index contributed by atoms with van der Waals surface area (Å²) in [6, 6.07) is 35.7. The van der Waals surface area contributed by atoms with Crippen molar-refractivity contribution in [1.29, 1.82) is 0 Å². The molecular weight excluding hydrogens is 592 g/mol. The third-order valence-corrected chi connectivity index (χ3v) is 9.46. The molecule has 0 atom stereocenters. The van der Waals surface area contributed by atoms with Gasteiger partial charge in [-0.2, -0.15) is 0 Å². The number of aryl methyl sites for hydroxylation is 2. The third kappa shape index (κ3) is 4.31. The number of rotatable bonds is 4. The van der Waals surface area contributed by atoms with Gasteiger partial charge in [-0.1, -0.05) is 57.2 Å². The molecule has 4 aromatic carbocycles. The van der Waals surface area contributed by atoms with Crippen molar-refractivity contribution < 1.29 is 4.74 Å². The van der Waals surface area contributed by atoms with Gasteiger partial charge in [-0.15, -0.1) is 0 Å². The zero-order valence-corrected chi connectivity index (χ0v) is 27.6. The molecule has 48 heavy (non-hydrogen) atoms. The number of aromatic nitrogens is 6. The monoisotopic (exact) mass is 626 g/mol. The number of pyridine rings is 2. The molecule has 0 spiro atoms.